The normalized spacial score (nSPS) is 7.60. The Morgan fingerprint density at radius 3 is 1.73 bits per heavy atom. The van der Waals surface area contributed by atoms with Crippen molar-refractivity contribution in [3.8, 4) is 0 Å². The van der Waals surface area contributed by atoms with Gasteiger partial charge in [0, 0.05) is 6.08 Å². The van der Waals surface area contributed by atoms with E-state index in [9.17, 15) is 14.4 Å². The van der Waals surface area contributed by atoms with Crippen LogP contribution in [0.1, 0.15) is 0 Å². The van der Waals surface area contributed by atoms with Crippen molar-refractivity contribution in [3.63, 3.8) is 0 Å². The van der Waals surface area contributed by atoms with Gasteiger partial charge in [-0.3, -0.25) is 0 Å². The van der Waals surface area contributed by atoms with Crippen LogP contribution in [-0.4, -0.2) is 37.2 Å². The lowest BCUT2D eigenvalue weighted by molar-refractivity contribution is -0.142. The monoisotopic (exact) mass is 216 g/mol. The zero-order valence-corrected chi connectivity index (χ0v) is 8.48. The minimum atomic E-state index is -1.36. The molecule has 0 aliphatic rings. The minimum Gasteiger partial charge on any atom is -0.477 e. The molecule has 0 aromatic carbocycles. The molecule has 0 aliphatic carbocycles. The fraction of sp³-hybridized carbons (Fsp3) is 0.222. The number of esters is 2. The minimum absolute atomic E-state index is 0.394. The first-order valence-corrected chi connectivity index (χ1v) is 3.61. The number of carbonyl (C=O) groups excluding carboxylic acids is 2. The summed E-state index contributed by atoms with van der Waals surface area (Å²) < 4.78 is 8.20. The molecule has 6 heteroatoms. The Balaban J connectivity index is 0. The summed E-state index contributed by atoms with van der Waals surface area (Å²) in [5.74, 6) is -2.67. The fourth-order valence-electron chi connectivity index (χ4n) is 0.294. The maximum absolute atomic E-state index is 10.3. The van der Waals surface area contributed by atoms with Crippen LogP contribution in [0.4, 0.5) is 0 Å². The SMILES string of the molecule is C=C(C(=O)O)C(=O)OC.C=CC(=O)OC. The van der Waals surface area contributed by atoms with E-state index in [1.807, 2.05) is 0 Å². The van der Waals surface area contributed by atoms with Gasteiger partial charge in [-0.15, -0.1) is 0 Å². The van der Waals surface area contributed by atoms with Gasteiger partial charge < -0.3 is 14.6 Å². The number of aliphatic carboxylic acids is 1. The molecule has 0 aromatic rings. The lowest BCUT2D eigenvalue weighted by Gasteiger charge is -1.94. The van der Waals surface area contributed by atoms with Crippen LogP contribution < -0.4 is 0 Å². The molecule has 0 aromatic heterocycles. The molecule has 0 saturated carbocycles. The van der Waals surface area contributed by atoms with E-state index in [0.717, 1.165) is 13.2 Å². The Morgan fingerprint density at radius 1 is 1.20 bits per heavy atom. The van der Waals surface area contributed by atoms with Gasteiger partial charge in [-0.2, -0.15) is 0 Å². The second kappa shape index (κ2) is 8.49. The Morgan fingerprint density at radius 2 is 1.67 bits per heavy atom. The Labute approximate surface area is 86.8 Å². The van der Waals surface area contributed by atoms with Crippen LogP contribution in [0.3, 0.4) is 0 Å². The molecule has 1 N–H and O–H groups in total. The highest BCUT2D eigenvalue weighted by molar-refractivity contribution is 6.12. The van der Waals surface area contributed by atoms with E-state index in [4.69, 9.17) is 5.11 Å². The summed E-state index contributed by atoms with van der Waals surface area (Å²) in [7, 11) is 2.40. The summed E-state index contributed by atoms with van der Waals surface area (Å²) in [5.41, 5.74) is -0.558. The quantitative estimate of drug-likeness (QED) is 0.312. The molecule has 0 saturated heterocycles. The zero-order valence-electron chi connectivity index (χ0n) is 8.48. The number of hydrogen-bond acceptors (Lipinski definition) is 5. The maximum Gasteiger partial charge on any atom is 0.344 e. The predicted octanol–water partition coefficient (Wildman–Crippen LogP) is 0.146. The third kappa shape index (κ3) is 8.23. The molecule has 0 heterocycles. The Kier molecular flexibility index (Phi) is 8.69. The number of hydrogen-bond donors (Lipinski definition) is 1. The van der Waals surface area contributed by atoms with Crippen molar-refractivity contribution in [1.29, 1.82) is 0 Å². The summed E-state index contributed by atoms with van der Waals surface area (Å²) in [4.78, 5) is 30.0. The van der Waals surface area contributed by atoms with E-state index >= 15 is 0 Å². The fourth-order valence-corrected chi connectivity index (χ4v) is 0.294. The molecule has 0 aliphatic heterocycles. The van der Waals surface area contributed by atoms with Gasteiger partial charge in [0.2, 0.25) is 0 Å². The topological polar surface area (TPSA) is 89.9 Å². The lowest BCUT2D eigenvalue weighted by Crippen LogP contribution is -2.11. The molecule has 0 rings (SSSR count). The molecule has 6 nitrogen and oxygen atoms in total. The van der Waals surface area contributed by atoms with Crippen molar-refractivity contribution in [2.75, 3.05) is 14.2 Å². The molecule has 0 unspecified atom stereocenters. The molecule has 0 amide bonds. The van der Waals surface area contributed by atoms with Gasteiger partial charge in [-0.05, 0) is 0 Å². The van der Waals surface area contributed by atoms with Crippen LogP contribution in [0.25, 0.3) is 0 Å². The highest BCUT2D eigenvalue weighted by atomic mass is 16.5. The first-order chi connectivity index (χ1) is 6.90. The first-order valence-electron chi connectivity index (χ1n) is 3.61. The van der Waals surface area contributed by atoms with E-state index in [-0.39, 0.29) is 0 Å². The van der Waals surface area contributed by atoms with Crippen LogP contribution in [0, 0.1) is 0 Å². The van der Waals surface area contributed by atoms with Crippen LogP contribution in [0.2, 0.25) is 0 Å². The number of ether oxygens (including phenoxy) is 2. The molecule has 0 spiro atoms. The average Bonchev–Trinajstić information content (AvgIpc) is 2.26. The van der Waals surface area contributed by atoms with E-state index in [1.54, 1.807) is 0 Å². The van der Waals surface area contributed by atoms with Gasteiger partial charge in [0.15, 0.2) is 0 Å². The van der Waals surface area contributed by atoms with E-state index < -0.39 is 23.5 Å². The van der Waals surface area contributed by atoms with Gasteiger partial charge in [-0.1, -0.05) is 13.2 Å². The third-order valence-corrected chi connectivity index (χ3v) is 1.06. The Bertz CT molecular complexity index is 278. The largest absolute Gasteiger partial charge is 0.477 e. The molecular weight excluding hydrogens is 204 g/mol. The summed E-state index contributed by atoms with van der Waals surface area (Å²) >= 11 is 0. The van der Waals surface area contributed by atoms with Crippen molar-refractivity contribution in [1.82, 2.24) is 0 Å². The number of carbonyl (C=O) groups is 3. The summed E-state index contributed by atoms with van der Waals surface area (Å²) in [6, 6.07) is 0. The molecule has 0 fully saturated rings. The molecule has 0 bridgehead atoms. The highest BCUT2D eigenvalue weighted by Gasteiger charge is 2.13. The molecule has 15 heavy (non-hydrogen) atoms. The molecule has 84 valence electrons. The van der Waals surface area contributed by atoms with Crippen molar-refractivity contribution < 1.29 is 29.0 Å². The number of carboxylic acid groups (broad SMARTS) is 1. The van der Waals surface area contributed by atoms with Crippen molar-refractivity contribution >= 4 is 17.9 Å². The number of carboxylic acids is 1. The number of methoxy groups -OCH3 is 2. The molecule has 0 atom stereocenters. The third-order valence-electron chi connectivity index (χ3n) is 1.06. The maximum atomic E-state index is 10.3. The summed E-state index contributed by atoms with van der Waals surface area (Å²) in [6.07, 6.45) is 1.11. The van der Waals surface area contributed by atoms with Crippen molar-refractivity contribution in [2.45, 2.75) is 0 Å². The zero-order chi connectivity index (χ0) is 12.4. The summed E-state index contributed by atoms with van der Waals surface area (Å²) in [6.45, 7) is 6.11. The van der Waals surface area contributed by atoms with Crippen molar-refractivity contribution in [3.05, 3.63) is 24.8 Å². The van der Waals surface area contributed by atoms with Gasteiger partial charge in [-0.25, -0.2) is 14.4 Å². The van der Waals surface area contributed by atoms with Crippen LogP contribution >= 0.6 is 0 Å². The second-order valence-corrected chi connectivity index (χ2v) is 2.00. The van der Waals surface area contributed by atoms with Gasteiger partial charge in [0.25, 0.3) is 0 Å². The Hall–Kier alpha value is -2.11. The van der Waals surface area contributed by atoms with Crippen LogP contribution in [0.5, 0.6) is 0 Å². The van der Waals surface area contributed by atoms with Crippen LogP contribution in [0.15, 0.2) is 24.8 Å². The molecule has 0 radical (unpaired) electrons. The van der Waals surface area contributed by atoms with E-state index in [1.165, 1.54) is 7.11 Å². The second-order valence-electron chi connectivity index (χ2n) is 2.00. The number of rotatable bonds is 3. The van der Waals surface area contributed by atoms with Gasteiger partial charge in [0.05, 0.1) is 14.2 Å². The van der Waals surface area contributed by atoms with Gasteiger partial charge in [0.1, 0.15) is 5.57 Å². The average molecular weight is 216 g/mol. The summed E-state index contributed by atoms with van der Waals surface area (Å²) in [5, 5.41) is 8.08. The van der Waals surface area contributed by atoms with Crippen LogP contribution in [-0.2, 0) is 23.9 Å². The van der Waals surface area contributed by atoms with Crippen molar-refractivity contribution in [2.24, 2.45) is 0 Å². The lowest BCUT2D eigenvalue weighted by atomic mass is 10.3. The highest BCUT2D eigenvalue weighted by Crippen LogP contribution is 1.91. The first kappa shape index (κ1) is 15.4. The predicted molar refractivity (Wildman–Crippen MR) is 51.0 cm³/mol. The standard InChI is InChI=1S/C5H6O4.C4H6O2/c1-3(4(6)7)5(8)9-2;1-3-4(5)6-2/h1H2,2H3,(H,6,7);3H,1H2,2H3. The van der Waals surface area contributed by atoms with Gasteiger partial charge >= 0.3 is 17.9 Å². The van der Waals surface area contributed by atoms with E-state index in [2.05, 4.69) is 22.6 Å². The smallest absolute Gasteiger partial charge is 0.344 e. The van der Waals surface area contributed by atoms with E-state index in [0.29, 0.717) is 0 Å². The molecular formula is C9H12O6.